The Kier molecular flexibility index (Phi) is 7.68. The van der Waals surface area contributed by atoms with Crippen molar-refractivity contribution in [3.05, 3.63) is 85.8 Å². The van der Waals surface area contributed by atoms with Crippen molar-refractivity contribution in [1.29, 1.82) is 0 Å². The predicted octanol–water partition coefficient (Wildman–Crippen LogP) is 7.63. The Morgan fingerprint density at radius 2 is 1.88 bits per heavy atom. The van der Waals surface area contributed by atoms with E-state index in [4.69, 9.17) is 53.6 Å². The van der Waals surface area contributed by atoms with Gasteiger partial charge in [0.25, 0.3) is 0 Å². The Bertz CT molecular complexity index is 1640. The summed E-state index contributed by atoms with van der Waals surface area (Å²) in [6, 6.07) is 12.4. The van der Waals surface area contributed by atoms with Crippen molar-refractivity contribution >= 4 is 46.5 Å². The normalized spacial score (nSPS) is 16.4. The smallest absolute Gasteiger partial charge is 0.358 e. The molecule has 41 heavy (non-hydrogen) atoms. The Morgan fingerprint density at radius 3 is 2.56 bits per heavy atom. The van der Waals surface area contributed by atoms with Gasteiger partial charge in [0.15, 0.2) is 11.8 Å². The quantitative estimate of drug-likeness (QED) is 0.178. The van der Waals surface area contributed by atoms with Crippen LogP contribution in [0.25, 0.3) is 11.3 Å². The fourth-order valence-electron chi connectivity index (χ4n) is 4.85. The van der Waals surface area contributed by atoms with E-state index in [2.05, 4.69) is 15.4 Å². The van der Waals surface area contributed by atoms with Crippen LogP contribution in [0.3, 0.4) is 0 Å². The van der Waals surface area contributed by atoms with E-state index < -0.39 is 12.1 Å². The molecule has 6 rings (SSSR count). The van der Waals surface area contributed by atoms with Gasteiger partial charge in [0.05, 0.1) is 33.4 Å². The number of benzene rings is 2. The van der Waals surface area contributed by atoms with E-state index in [1.807, 2.05) is 19.1 Å². The lowest BCUT2D eigenvalue weighted by Crippen LogP contribution is -2.10. The lowest BCUT2D eigenvalue weighted by atomic mass is 10.0. The molecular weight excluding hydrogens is 591 g/mol. The van der Waals surface area contributed by atoms with Crippen LogP contribution in [0.5, 0.6) is 5.75 Å². The Hall–Kier alpha value is -3.53. The number of oxime groups is 1. The average Bonchev–Trinajstić information content (AvgIpc) is 3.34. The number of halogens is 3. The molecule has 2 aromatic heterocycles. The highest BCUT2D eigenvalue weighted by Crippen LogP contribution is 2.46. The third kappa shape index (κ3) is 5.41. The second-order valence-corrected chi connectivity index (χ2v) is 11.0. The Morgan fingerprint density at radius 1 is 1.10 bits per heavy atom. The van der Waals surface area contributed by atoms with Crippen molar-refractivity contribution in [3.63, 3.8) is 0 Å². The van der Waals surface area contributed by atoms with Crippen molar-refractivity contribution in [2.75, 3.05) is 7.11 Å². The summed E-state index contributed by atoms with van der Waals surface area (Å²) in [5.41, 5.74) is 4.36. The summed E-state index contributed by atoms with van der Waals surface area (Å²) in [6.45, 7) is 2.70. The number of carbonyl (C=O) groups excluding carboxylic acids is 1. The fourth-order valence-corrected chi connectivity index (χ4v) is 5.72. The van der Waals surface area contributed by atoms with E-state index in [0.717, 1.165) is 29.7 Å². The SMILES string of the molecule is CCn1nc(C(=O)OC)cc1C1=NOC(c2ccc(OCc3c(-c4c(Cl)cccc4Cl)noc3C3CC3)cc2Cl)C1. The minimum atomic E-state index is -0.509. The second kappa shape index (κ2) is 11.4. The number of rotatable bonds is 9. The molecule has 1 unspecified atom stereocenters. The zero-order chi connectivity index (χ0) is 28.7. The molecule has 0 amide bonds. The summed E-state index contributed by atoms with van der Waals surface area (Å²) < 4.78 is 18.4. The van der Waals surface area contributed by atoms with Gasteiger partial charge in [0.2, 0.25) is 0 Å². The highest BCUT2D eigenvalue weighted by molar-refractivity contribution is 6.39. The van der Waals surface area contributed by atoms with Crippen LogP contribution in [0.4, 0.5) is 0 Å². The van der Waals surface area contributed by atoms with Crippen molar-refractivity contribution in [1.82, 2.24) is 14.9 Å². The minimum absolute atomic E-state index is 0.207. The van der Waals surface area contributed by atoms with Gasteiger partial charge >= 0.3 is 5.97 Å². The number of esters is 1. The zero-order valence-corrected chi connectivity index (χ0v) is 24.5. The molecule has 12 heteroatoms. The first-order chi connectivity index (χ1) is 19.9. The van der Waals surface area contributed by atoms with Crippen molar-refractivity contribution in [2.24, 2.45) is 5.16 Å². The van der Waals surface area contributed by atoms with Gasteiger partial charge in [-0.3, -0.25) is 4.68 Å². The van der Waals surface area contributed by atoms with E-state index in [1.165, 1.54) is 7.11 Å². The van der Waals surface area contributed by atoms with Crippen LogP contribution >= 0.6 is 34.8 Å². The van der Waals surface area contributed by atoms with E-state index in [9.17, 15) is 4.79 Å². The van der Waals surface area contributed by atoms with Crippen LogP contribution in [-0.4, -0.2) is 33.7 Å². The van der Waals surface area contributed by atoms with Gasteiger partial charge in [-0.1, -0.05) is 57.2 Å². The number of aromatic nitrogens is 3. The minimum Gasteiger partial charge on any atom is -0.489 e. The fraction of sp³-hybridized carbons (Fsp3) is 0.310. The maximum Gasteiger partial charge on any atom is 0.358 e. The molecule has 9 nitrogen and oxygen atoms in total. The summed E-state index contributed by atoms with van der Waals surface area (Å²) in [7, 11) is 1.32. The first kappa shape index (κ1) is 27.6. The van der Waals surface area contributed by atoms with Crippen molar-refractivity contribution < 1.29 is 23.6 Å². The monoisotopic (exact) mass is 614 g/mol. The molecule has 1 fully saturated rings. The van der Waals surface area contributed by atoms with Gasteiger partial charge in [0, 0.05) is 36.1 Å². The summed E-state index contributed by atoms with van der Waals surface area (Å²) in [5, 5.41) is 14.3. The molecule has 4 aromatic rings. The highest BCUT2D eigenvalue weighted by Gasteiger charge is 2.34. The van der Waals surface area contributed by atoms with Crippen molar-refractivity contribution in [3.8, 4) is 17.0 Å². The number of carbonyl (C=O) groups is 1. The van der Waals surface area contributed by atoms with Crippen LogP contribution in [-0.2, 0) is 22.7 Å². The van der Waals surface area contributed by atoms with E-state index >= 15 is 0 Å². The number of hydrogen-bond donors (Lipinski definition) is 0. The van der Waals surface area contributed by atoms with Crippen LogP contribution in [0, 0.1) is 0 Å². The first-order valence-electron chi connectivity index (χ1n) is 13.1. The standard InChI is InChI=1S/C29H25Cl3N4O5/c1-3-36-24(12-23(33-36)29(37)38-2)22-13-25(40-34-22)17-10-9-16(11-21(17)32)39-14-18-27(35-41-28(18)15-7-8-15)26-19(30)5-4-6-20(26)31/h4-6,9-12,15,25H,3,7-8,13-14H2,1-2H3. The third-order valence-electron chi connectivity index (χ3n) is 7.11. The van der Waals surface area contributed by atoms with E-state index in [-0.39, 0.29) is 12.3 Å². The number of nitrogens with zero attached hydrogens (tertiary/aromatic N) is 4. The third-order valence-corrected chi connectivity index (χ3v) is 8.06. The molecule has 1 aliphatic heterocycles. The molecule has 0 spiro atoms. The molecule has 2 aliphatic rings. The molecule has 1 saturated carbocycles. The van der Waals surface area contributed by atoms with Crippen LogP contribution < -0.4 is 4.74 Å². The van der Waals surface area contributed by atoms with Crippen LogP contribution in [0.2, 0.25) is 15.1 Å². The molecule has 0 saturated heterocycles. The maximum absolute atomic E-state index is 12.0. The number of aryl methyl sites for hydroxylation is 1. The maximum atomic E-state index is 12.0. The molecule has 3 heterocycles. The van der Waals surface area contributed by atoms with Gasteiger partial charge in [0.1, 0.15) is 29.5 Å². The molecule has 0 bridgehead atoms. The van der Waals surface area contributed by atoms with Crippen molar-refractivity contribution in [2.45, 2.75) is 51.4 Å². The Labute approximate surface area is 250 Å². The van der Waals surface area contributed by atoms with Gasteiger partial charge in [-0.15, -0.1) is 0 Å². The summed E-state index contributed by atoms with van der Waals surface area (Å²) in [6.07, 6.45) is 2.13. The van der Waals surface area contributed by atoms with Crippen LogP contribution in [0.1, 0.15) is 71.3 Å². The number of hydrogen-bond acceptors (Lipinski definition) is 8. The topological polar surface area (TPSA) is 101 Å². The number of ether oxygens (including phenoxy) is 2. The van der Waals surface area contributed by atoms with Gasteiger partial charge in [-0.2, -0.15) is 5.10 Å². The zero-order valence-electron chi connectivity index (χ0n) is 22.2. The lowest BCUT2D eigenvalue weighted by Gasteiger charge is -2.13. The molecule has 1 aliphatic carbocycles. The van der Waals surface area contributed by atoms with E-state index in [0.29, 0.717) is 62.4 Å². The molecule has 2 aromatic carbocycles. The molecule has 212 valence electrons. The highest BCUT2D eigenvalue weighted by atomic mass is 35.5. The summed E-state index contributed by atoms with van der Waals surface area (Å²) in [4.78, 5) is 17.7. The second-order valence-electron chi connectivity index (χ2n) is 9.78. The first-order valence-corrected chi connectivity index (χ1v) is 14.3. The Balaban J connectivity index is 1.18. The number of methoxy groups -OCH3 is 1. The molecular formula is C29H25Cl3N4O5. The van der Waals surface area contributed by atoms with Gasteiger partial charge in [-0.25, -0.2) is 4.79 Å². The summed E-state index contributed by atoms with van der Waals surface area (Å²) in [5.74, 6) is 1.17. The lowest BCUT2D eigenvalue weighted by molar-refractivity contribution is 0.0593. The molecule has 0 N–H and O–H groups in total. The van der Waals surface area contributed by atoms with E-state index in [1.54, 1.807) is 35.0 Å². The van der Waals surface area contributed by atoms with Crippen LogP contribution in [0.15, 0.2) is 52.1 Å². The predicted molar refractivity (Wildman–Crippen MR) is 154 cm³/mol. The summed E-state index contributed by atoms with van der Waals surface area (Å²) >= 11 is 19.6. The largest absolute Gasteiger partial charge is 0.489 e. The van der Waals surface area contributed by atoms with Gasteiger partial charge in [-0.05, 0) is 44.0 Å². The molecule has 1 atom stereocenters. The molecule has 0 radical (unpaired) electrons. The average molecular weight is 616 g/mol. The van der Waals surface area contributed by atoms with Gasteiger partial charge < -0.3 is 18.8 Å².